The van der Waals surface area contributed by atoms with Crippen LogP contribution in [0.3, 0.4) is 0 Å². The Morgan fingerprint density at radius 1 is 1.62 bits per heavy atom. The van der Waals surface area contributed by atoms with Gasteiger partial charge < -0.3 is 14.8 Å². The van der Waals surface area contributed by atoms with Crippen molar-refractivity contribution in [2.45, 2.75) is 6.04 Å². The van der Waals surface area contributed by atoms with Crippen LogP contribution in [0.25, 0.3) is 0 Å². The molecule has 7 heteroatoms. The maximum absolute atomic E-state index is 10.6. The first-order valence-electron chi connectivity index (χ1n) is 4.44. The molecule has 1 aliphatic rings. The second kappa shape index (κ2) is 3.97. The van der Waals surface area contributed by atoms with Crippen LogP contribution in [0.2, 0.25) is 5.02 Å². The number of anilines is 1. The molecule has 0 fully saturated rings. The Balaban J connectivity index is 2.42. The Morgan fingerprint density at radius 2 is 2.38 bits per heavy atom. The minimum atomic E-state index is -0.586. The van der Waals surface area contributed by atoms with Crippen LogP contribution in [-0.4, -0.2) is 23.9 Å². The summed E-state index contributed by atoms with van der Waals surface area (Å²) in [7, 11) is 0. The van der Waals surface area contributed by atoms with Gasteiger partial charge in [0.15, 0.2) is 0 Å². The molecule has 1 aliphatic heterocycles. The molecule has 0 amide bonds. The van der Waals surface area contributed by atoms with Crippen molar-refractivity contribution in [1.82, 2.24) is 0 Å². The minimum absolute atomic E-state index is 0.00592. The van der Waals surface area contributed by atoms with Crippen molar-refractivity contribution in [2.75, 3.05) is 11.9 Å². The number of aldehydes is 1. The van der Waals surface area contributed by atoms with Crippen LogP contribution in [0.4, 0.5) is 11.4 Å². The lowest BCUT2D eigenvalue weighted by molar-refractivity contribution is -0.384. The van der Waals surface area contributed by atoms with Crippen LogP contribution in [0, 0.1) is 10.1 Å². The Morgan fingerprint density at radius 3 is 3.00 bits per heavy atom. The van der Waals surface area contributed by atoms with E-state index < -0.39 is 11.0 Å². The highest BCUT2D eigenvalue weighted by molar-refractivity contribution is 6.33. The summed E-state index contributed by atoms with van der Waals surface area (Å²) in [6, 6.07) is 2.17. The lowest BCUT2D eigenvalue weighted by Crippen LogP contribution is -2.32. The molecule has 0 spiro atoms. The van der Waals surface area contributed by atoms with E-state index in [0.29, 0.717) is 17.7 Å². The van der Waals surface area contributed by atoms with Crippen molar-refractivity contribution in [3.63, 3.8) is 0 Å². The number of hydrogen-bond donors (Lipinski definition) is 1. The number of nitrogens with one attached hydrogen (secondary N) is 1. The molecule has 0 bridgehead atoms. The number of nitrogens with zero attached hydrogens (tertiary/aromatic N) is 1. The summed E-state index contributed by atoms with van der Waals surface area (Å²) in [4.78, 5) is 20.6. The van der Waals surface area contributed by atoms with Gasteiger partial charge in [-0.2, -0.15) is 0 Å². The number of rotatable bonds is 2. The largest absolute Gasteiger partial charge is 0.489 e. The van der Waals surface area contributed by atoms with E-state index in [4.69, 9.17) is 16.3 Å². The van der Waals surface area contributed by atoms with Gasteiger partial charge in [-0.05, 0) is 6.07 Å². The highest BCUT2D eigenvalue weighted by atomic mass is 35.5. The highest BCUT2D eigenvalue weighted by Gasteiger charge is 2.23. The third kappa shape index (κ3) is 1.79. The standard InChI is InChI=1S/C9H7ClN2O4/c10-6-1-7-9(2-8(6)12(14)15)16-4-5(3-13)11-7/h1-3,5,11H,4H2. The second-order valence-electron chi connectivity index (χ2n) is 3.25. The normalized spacial score (nSPS) is 17.9. The average molecular weight is 243 g/mol. The van der Waals surface area contributed by atoms with Gasteiger partial charge >= 0.3 is 0 Å². The predicted octanol–water partition coefficient (Wildman–Crippen LogP) is 1.62. The summed E-state index contributed by atoms with van der Waals surface area (Å²) < 4.78 is 5.22. The van der Waals surface area contributed by atoms with Crippen molar-refractivity contribution >= 4 is 29.3 Å². The molecule has 16 heavy (non-hydrogen) atoms. The first-order valence-corrected chi connectivity index (χ1v) is 4.82. The number of carbonyl (C=O) groups excluding carboxylic acids is 1. The molecule has 1 aromatic rings. The van der Waals surface area contributed by atoms with Gasteiger partial charge in [-0.1, -0.05) is 11.6 Å². The SMILES string of the molecule is O=CC1COc2cc([N+](=O)[O-])c(Cl)cc2N1. The quantitative estimate of drug-likeness (QED) is 0.484. The van der Waals surface area contributed by atoms with Crippen molar-refractivity contribution < 1.29 is 14.5 Å². The second-order valence-corrected chi connectivity index (χ2v) is 3.66. The van der Waals surface area contributed by atoms with E-state index in [2.05, 4.69) is 5.32 Å². The molecule has 0 radical (unpaired) electrons. The highest BCUT2D eigenvalue weighted by Crippen LogP contribution is 2.37. The molecule has 1 heterocycles. The molecular weight excluding hydrogens is 236 g/mol. The smallest absolute Gasteiger partial charge is 0.291 e. The first-order chi connectivity index (χ1) is 7.61. The van der Waals surface area contributed by atoms with Gasteiger partial charge in [-0.25, -0.2) is 0 Å². The zero-order chi connectivity index (χ0) is 11.7. The monoisotopic (exact) mass is 242 g/mol. The van der Waals surface area contributed by atoms with E-state index >= 15 is 0 Å². The van der Waals surface area contributed by atoms with Crippen LogP contribution in [0.5, 0.6) is 5.75 Å². The summed E-state index contributed by atoms with van der Waals surface area (Å²) in [5.74, 6) is 0.328. The average Bonchev–Trinajstić information content (AvgIpc) is 2.27. The van der Waals surface area contributed by atoms with Crippen LogP contribution in [0.15, 0.2) is 12.1 Å². The molecule has 1 unspecified atom stereocenters. The molecule has 0 aliphatic carbocycles. The molecule has 6 nitrogen and oxygen atoms in total. The molecule has 1 aromatic carbocycles. The maximum Gasteiger partial charge on any atom is 0.291 e. The number of halogens is 1. The topological polar surface area (TPSA) is 81.5 Å². The van der Waals surface area contributed by atoms with E-state index in [-0.39, 0.29) is 17.3 Å². The molecule has 0 saturated heterocycles. The summed E-state index contributed by atoms with van der Waals surface area (Å²) in [5, 5.41) is 13.5. The lowest BCUT2D eigenvalue weighted by Gasteiger charge is -2.23. The van der Waals surface area contributed by atoms with Crippen molar-refractivity contribution in [2.24, 2.45) is 0 Å². The summed E-state index contributed by atoms with van der Waals surface area (Å²) >= 11 is 5.72. The fraction of sp³-hybridized carbons (Fsp3) is 0.222. The zero-order valence-electron chi connectivity index (χ0n) is 7.97. The molecular formula is C9H7ClN2O4. The van der Waals surface area contributed by atoms with E-state index in [0.717, 1.165) is 0 Å². The minimum Gasteiger partial charge on any atom is -0.489 e. The lowest BCUT2D eigenvalue weighted by atomic mass is 10.2. The number of hydrogen-bond acceptors (Lipinski definition) is 5. The number of ether oxygens (including phenoxy) is 1. The fourth-order valence-corrected chi connectivity index (χ4v) is 1.64. The van der Waals surface area contributed by atoms with Gasteiger partial charge in [-0.15, -0.1) is 0 Å². The zero-order valence-corrected chi connectivity index (χ0v) is 8.73. The van der Waals surface area contributed by atoms with Crippen molar-refractivity contribution in [3.8, 4) is 5.75 Å². The predicted molar refractivity (Wildman–Crippen MR) is 57.1 cm³/mol. The van der Waals surface area contributed by atoms with E-state index in [1.165, 1.54) is 12.1 Å². The van der Waals surface area contributed by atoms with E-state index in [1.807, 2.05) is 0 Å². The van der Waals surface area contributed by atoms with Crippen LogP contribution >= 0.6 is 11.6 Å². The first kappa shape index (κ1) is 10.7. The molecule has 1 atom stereocenters. The number of carbonyl (C=O) groups is 1. The molecule has 84 valence electrons. The molecule has 1 N–H and O–H groups in total. The summed E-state index contributed by atoms with van der Waals surface area (Å²) in [5.41, 5.74) is 0.269. The maximum atomic E-state index is 10.6. The Hall–Kier alpha value is -1.82. The number of nitro groups is 1. The number of fused-ring (bicyclic) bond motifs is 1. The summed E-state index contributed by atoms with van der Waals surface area (Å²) in [6.07, 6.45) is 0.707. The van der Waals surface area contributed by atoms with Crippen molar-refractivity contribution in [1.29, 1.82) is 0 Å². The van der Waals surface area contributed by atoms with Gasteiger partial charge in [0.25, 0.3) is 5.69 Å². The number of benzene rings is 1. The fourth-order valence-electron chi connectivity index (χ4n) is 1.41. The van der Waals surface area contributed by atoms with Crippen LogP contribution < -0.4 is 10.1 Å². The third-order valence-electron chi connectivity index (χ3n) is 2.17. The van der Waals surface area contributed by atoms with Gasteiger partial charge in [0.2, 0.25) is 0 Å². The molecule has 2 rings (SSSR count). The van der Waals surface area contributed by atoms with Gasteiger partial charge in [0.05, 0.1) is 16.7 Å². The van der Waals surface area contributed by atoms with E-state index in [1.54, 1.807) is 0 Å². The number of nitro benzene ring substituents is 1. The van der Waals surface area contributed by atoms with Gasteiger partial charge in [0, 0.05) is 0 Å². The van der Waals surface area contributed by atoms with Gasteiger partial charge in [0.1, 0.15) is 29.7 Å². The summed E-state index contributed by atoms with van der Waals surface area (Å²) in [6.45, 7) is 0.148. The van der Waals surface area contributed by atoms with Crippen molar-refractivity contribution in [3.05, 3.63) is 27.3 Å². The molecule has 0 aromatic heterocycles. The van der Waals surface area contributed by atoms with Gasteiger partial charge in [-0.3, -0.25) is 10.1 Å². The molecule has 0 saturated carbocycles. The third-order valence-corrected chi connectivity index (χ3v) is 2.47. The van der Waals surface area contributed by atoms with E-state index in [9.17, 15) is 14.9 Å². The Labute approximate surface area is 95.3 Å². The Kier molecular flexibility index (Phi) is 2.66. The van der Waals surface area contributed by atoms with Crippen LogP contribution in [0.1, 0.15) is 0 Å². The van der Waals surface area contributed by atoms with Crippen LogP contribution in [-0.2, 0) is 4.79 Å². The Bertz CT molecular complexity index is 463.